The highest BCUT2D eigenvalue weighted by Gasteiger charge is 2.14. The van der Waals surface area contributed by atoms with Gasteiger partial charge in [-0.3, -0.25) is 14.9 Å². The van der Waals surface area contributed by atoms with E-state index in [9.17, 15) is 9.59 Å². The number of fused-ring (bicyclic) bond motifs is 1. The molecule has 0 saturated carbocycles. The van der Waals surface area contributed by atoms with Crippen LogP contribution in [0, 0.1) is 6.92 Å². The lowest BCUT2D eigenvalue weighted by Gasteiger charge is -2.05. The molecule has 28 heavy (non-hydrogen) atoms. The lowest BCUT2D eigenvalue weighted by Crippen LogP contribution is -2.14. The summed E-state index contributed by atoms with van der Waals surface area (Å²) in [5, 5.41) is 11.8. The van der Waals surface area contributed by atoms with Gasteiger partial charge in [-0.2, -0.15) is 4.98 Å². The third-order valence-corrected chi connectivity index (χ3v) is 4.92. The van der Waals surface area contributed by atoms with Gasteiger partial charge in [-0.05, 0) is 25.1 Å². The van der Waals surface area contributed by atoms with Gasteiger partial charge >= 0.3 is 0 Å². The smallest absolute Gasteiger partial charge is 0.258 e. The summed E-state index contributed by atoms with van der Waals surface area (Å²) in [6, 6.07) is 14.8. The Morgan fingerprint density at radius 3 is 2.61 bits per heavy atom. The molecule has 0 aliphatic rings. The molecule has 0 aliphatic heterocycles. The Bertz CT molecular complexity index is 1180. The van der Waals surface area contributed by atoms with Crippen LogP contribution in [0.15, 0.2) is 53.9 Å². The summed E-state index contributed by atoms with van der Waals surface area (Å²) in [6.45, 7) is 3.46. The van der Waals surface area contributed by atoms with Crippen molar-refractivity contribution in [2.45, 2.75) is 13.8 Å². The predicted molar refractivity (Wildman–Crippen MR) is 110 cm³/mol. The van der Waals surface area contributed by atoms with Gasteiger partial charge in [0.15, 0.2) is 0 Å². The van der Waals surface area contributed by atoms with E-state index in [1.165, 1.54) is 23.8 Å². The van der Waals surface area contributed by atoms with Crippen molar-refractivity contribution in [2.75, 3.05) is 10.6 Å². The number of hydrogen-bond donors (Lipinski definition) is 2. The quantitative estimate of drug-likeness (QED) is 0.551. The number of thiazole rings is 1. The maximum absolute atomic E-state index is 12.5. The zero-order chi connectivity index (χ0) is 19.7. The topological polar surface area (TPSA) is 88.4 Å². The molecule has 0 unspecified atom stereocenters. The van der Waals surface area contributed by atoms with Gasteiger partial charge < -0.3 is 5.32 Å². The normalized spacial score (nSPS) is 10.8. The molecule has 2 amide bonds. The summed E-state index contributed by atoms with van der Waals surface area (Å²) in [6.07, 6.45) is 0. The summed E-state index contributed by atoms with van der Waals surface area (Å²) in [4.78, 5) is 28.8. The molecule has 0 atom stereocenters. The standard InChI is InChI=1S/C20H17N5O2S/c1-12-6-8-14(9-7-12)17-11-28-20-23-19(24-25(17)20)22-18(27)15-4-3-5-16(10-15)21-13(2)26/h3-11H,1-2H3,(H,21,26)(H,22,24,27). The number of benzene rings is 2. The zero-order valence-corrected chi connectivity index (χ0v) is 16.1. The van der Waals surface area contributed by atoms with Crippen LogP contribution < -0.4 is 10.6 Å². The maximum atomic E-state index is 12.5. The van der Waals surface area contributed by atoms with Crippen molar-refractivity contribution in [3.8, 4) is 11.3 Å². The molecule has 0 bridgehead atoms. The summed E-state index contributed by atoms with van der Waals surface area (Å²) in [5.74, 6) is -0.310. The van der Waals surface area contributed by atoms with Crippen LogP contribution in [-0.2, 0) is 4.79 Å². The number of anilines is 2. The average molecular weight is 391 g/mol. The van der Waals surface area contributed by atoms with E-state index in [1.54, 1.807) is 28.8 Å². The van der Waals surface area contributed by atoms with Crippen molar-refractivity contribution in [3.05, 3.63) is 65.0 Å². The SMILES string of the molecule is CC(=O)Nc1cccc(C(=O)Nc2nc3scc(-c4ccc(C)cc4)n3n2)c1. The van der Waals surface area contributed by atoms with Gasteiger partial charge in [0.05, 0.1) is 5.69 Å². The van der Waals surface area contributed by atoms with Crippen molar-refractivity contribution >= 4 is 39.7 Å². The van der Waals surface area contributed by atoms with Gasteiger partial charge in [0.25, 0.3) is 11.9 Å². The number of rotatable bonds is 4. The molecule has 7 nitrogen and oxygen atoms in total. The molecule has 0 radical (unpaired) electrons. The molecular weight excluding hydrogens is 374 g/mol. The van der Waals surface area contributed by atoms with Crippen LogP contribution in [0.4, 0.5) is 11.6 Å². The van der Waals surface area contributed by atoms with E-state index < -0.39 is 0 Å². The number of hydrogen-bond acceptors (Lipinski definition) is 5. The second-order valence-corrected chi connectivity index (χ2v) is 7.17. The summed E-state index contributed by atoms with van der Waals surface area (Å²) < 4.78 is 1.72. The molecule has 2 heterocycles. The van der Waals surface area contributed by atoms with Crippen molar-refractivity contribution in [1.82, 2.24) is 14.6 Å². The fraction of sp³-hybridized carbons (Fsp3) is 0.100. The molecular formula is C20H17N5O2S. The number of nitrogens with zero attached hydrogens (tertiary/aromatic N) is 3. The minimum Gasteiger partial charge on any atom is -0.326 e. The first-order chi connectivity index (χ1) is 13.5. The first-order valence-electron chi connectivity index (χ1n) is 8.60. The molecule has 4 rings (SSSR count). The maximum Gasteiger partial charge on any atom is 0.258 e. The first-order valence-corrected chi connectivity index (χ1v) is 9.48. The molecule has 0 spiro atoms. The van der Waals surface area contributed by atoms with Crippen molar-refractivity contribution in [1.29, 1.82) is 0 Å². The van der Waals surface area contributed by atoms with Crippen LogP contribution in [0.3, 0.4) is 0 Å². The third-order valence-electron chi connectivity index (χ3n) is 4.10. The van der Waals surface area contributed by atoms with E-state index in [-0.39, 0.29) is 17.8 Å². The summed E-state index contributed by atoms with van der Waals surface area (Å²) in [7, 11) is 0. The van der Waals surface area contributed by atoms with Crippen LogP contribution in [0.1, 0.15) is 22.8 Å². The second-order valence-electron chi connectivity index (χ2n) is 6.33. The Kier molecular flexibility index (Phi) is 4.62. The number of carbonyl (C=O) groups excluding carboxylic acids is 2. The van der Waals surface area contributed by atoms with Gasteiger partial charge in [-0.15, -0.1) is 16.4 Å². The number of carbonyl (C=O) groups is 2. The van der Waals surface area contributed by atoms with Gasteiger partial charge in [0.2, 0.25) is 10.9 Å². The third kappa shape index (κ3) is 3.63. The minimum atomic E-state index is -0.345. The van der Waals surface area contributed by atoms with E-state index >= 15 is 0 Å². The van der Waals surface area contributed by atoms with Crippen LogP contribution in [0.5, 0.6) is 0 Å². The number of nitrogens with one attached hydrogen (secondary N) is 2. The molecule has 0 fully saturated rings. The fourth-order valence-electron chi connectivity index (χ4n) is 2.77. The highest BCUT2D eigenvalue weighted by atomic mass is 32.1. The lowest BCUT2D eigenvalue weighted by atomic mass is 10.1. The fourth-order valence-corrected chi connectivity index (χ4v) is 3.60. The largest absolute Gasteiger partial charge is 0.326 e. The summed E-state index contributed by atoms with van der Waals surface area (Å²) >= 11 is 1.46. The average Bonchev–Trinajstić information content (AvgIpc) is 3.22. The minimum absolute atomic E-state index is 0.197. The molecule has 140 valence electrons. The van der Waals surface area contributed by atoms with E-state index in [2.05, 4.69) is 20.7 Å². The van der Waals surface area contributed by atoms with Crippen LogP contribution >= 0.6 is 11.3 Å². The molecule has 0 saturated heterocycles. The molecule has 0 aliphatic carbocycles. The van der Waals surface area contributed by atoms with Gasteiger partial charge in [0, 0.05) is 29.1 Å². The second kappa shape index (κ2) is 7.24. The number of aryl methyl sites for hydroxylation is 1. The zero-order valence-electron chi connectivity index (χ0n) is 15.3. The Balaban J connectivity index is 1.58. The monoisotopic (exact) mass is 391 g/mol. The van der Waals surface area contributed by atoms with E-state index in [0.717, 1.165) is 11.3 Å². The highest BCUT2D eigenvalue weighted by Crippen LogP contribution is 2.26. The van der Waals surface area contributed by atoms with Gasteiger partial charge in [-0.1, -0.05) is 35.9 Å². The summed E-state index contributed by atoms with van der Waals surface area (Å²) in [5.41, 5.74) is 4.09. The van der Waals surface area contributed by atoms with Crippen molar-refractivity contribution < 1.29 is 9.59 Å². The van der Waals surface area contributed by atoms with E-state index in [4.69, 9.17) is 0 Å². The first kappa shape index (κ1) is 17.9. The van der Waals surface area contributed by atoms with Crippen LogP contribution in [0.2, 0.25) is 0 Å². The molecule has 2 N–H and O–H groups in total. The Morgan fingerprint density at radius 2 is 1.86 bits per heavy atom. The highest BCUT2D eigenvalue weighted by molar-refractivity contribution is 7.15. The van der Waals surface area contributed by atoms with Gasteiger partial charge in [0.1, 0.15) is 0 Å². The van der Waals surface area contributed by atoms with Crippen molar-refractivity contribution in [2.24, 2.45) is 0 Å². The molecule has 8 heteroatoms. The molecule has 2 aromatic carbocycles. The lowest BCUT2D eigenvalue weighted by molar-refractivity contribution is -0.114. The number of amides is 2. The van der Waals surface area contributed by atoms with Crippen LogP contribution in [0.25, 0.3) is 16.2 Å². The Morgan fingerprint density at radius 1 is 1.07 bits per heavy atom. The van der Waals surface area contributed by atoms with Gasteiger partial charge in [-0.25, -0.2) is 4.52 Å². The Hall–Kier alpha value is -3.52. The van der Waals surface area contributed by atoms with Crippen molar-refractivity contribution in [3.63, 3.8) is 0 Å². The van der Waals surface area contributed by atoms with E-state index in [1.807, 2.05) is 36.6 Å². The number of aromatic nitrogens is 3. The van der Waals surface area contributed by atoms with Crippen LogP contribution in [-0.4, -0.2) is 26.4 Å². The van der Waals surface area contributed by atoms with E-state index in [0.29, 0.717) is 16.2 Å². The molecule has 2 aromatic heterocycles. The predicted octanol–water partition coefficient (Wildman–Crippen LogP) is 3.98. The molecule has 4 aromatic rings. The Labute approximate surface area is 165 Å².